The van der Waals surface area contributed by atoms with Crippen LogP contribution in [-0.4, -0.2) is 10.9 Å². The third kappa shape index (κ3) is 3.89. The Bertz CT molecular complexity index is 948. The fraction of sp³-hybridized carbons (Fsp3) is 0.100. The number of pyridine rings is 1. The van der Waals surface area contributed by atoms with Gasteiger partial charge in [0, 0.05) is 29.6 Å². The maximum atomic E-state index is 14.1. The predicted octanol–water partition coefficient (Wildman–Crippen LogP) is 4.49. The lowest BCUT2D eigenvalue weighted by molar-refractivity contribution is -0.119. The van der Waals surface area contributed by atoms with Crippen LogP contribution >= 0.6 is 11.6 Å². The summed E-state index contributed by atoms with van der Waals surface area (Å²) in [6.45, 7) is 0. The molecule has 3 nitrogen and oxygen atoms in total. The van der Waals surface area contributed by atoms with Gasteiger partial charge in [0.15, 0.2) is 0 Å². The smallest absolute Gasteiger partial charge is 0.225 e. The van der Waals surface area contributed by atoms with E-state index in [1.807, 2.05) is 30.3 Å². The summed E-state index contributed by atoms with van der Waals surface area (Å²) in [5, 5.41) is -0.175. The molecular weight excluding hydrogens is 358 g/mol. The van der Waals surface area contributed by atoms with E-state index in [0.29, 0.717) is 17.5 Å². The highest BCUT2D eigenvalue weighted by molar-refractivity contribution is 6.31. The third-order valence-electron chi connectivity index (χ3n) is 4.10. The topological polar surface area (TPSA) is 56.0 Å². The van der Waals surface area contributed by atoms with Gasteiger partial charge >= 0.3 is 0 Å². The van der Waals surface area contributed by atoms with Crippen LogP contribution in [0.25, 0.3) is 11.1 Å². The lowest BCUT2D eigenvalue weighted by Gasteiger charge is -2.14. The van der Waals surface area contributed by atoms with Gasteiger partial charge < -0.3 is 5.73 Å². The molecule has 26 heavy (non-hydrogen) atoms. The Morgan fingerprint density at radius 1 is 1.08 bits per heavy atom. The molecule has 3 rings (SSSR count). The molecule has 0 saturated carbocycles. The molecule has 0 spiro atoms. The van der Waals surface area contributed by atoms with Crippen molar-refractivity contribution in [2.24, 2.45) is 5.73 Å². The quantitative estimate of drug-likeness (QED) is 0.671. The minimum atomic E-state index is -0.824. The molecule has 1 heterocycles. The van der Waals surface area contributed by atoms with Gasteiger partial charge in [0.05, 0.1) is 10.9 Å². The highest BCUT2D eigenvalue weighted by Crippen LogP contribution is 2.29. The zero-order valence-corrected chi connectivity index (χ0v) is 14.4. The second-order valence-corrected chi connectivity index (χ2v) is 6.30. The summed E-state index contributed by atoms with van der Waals surface area (Å²) in [4.78, 5) is 16.0. The number of aromatic nitrogens is 1. The third-order valence-corrected chi connectivity index (χ3v) is 4.39. The van der Waals surface area contributed by atoms with Crippen molar-refractivity contribution in [1.29, 1.82) is 0 Å². The van der Waals surface area contributed by atoms with Crippen molar-refractivity contribution in [1.82, 2.24) is 4.98 Å². The van der Waals surface area contributed by atoms with Gasteiger partial charge in [-0.3, -0.25) is 9.78 Å². The number of hydrogen-bond donors (Lipinski definition) is 1. The number of carbonyl (C=O) groups excluding carboxylic acids is 1. The van der Waals surface area contributed by atoms with E-state index < -0.39 is 23.5 Å². The van der Waals surface area contributed by atoms with Crippen LogP contribution in [0.4, 0.5) is 8.78 Å². The normalized spacial score (nSPS) is 12.0. The molecule has 0 aliphatic heterocycles. The van der Waals surface area contributed by atoms with Crippen molar-refractivity contribution < 1.29 is 13.6 Å². The highest BCUT2D eigenvalue weighted by Gasteiger charge is 2.19. The number of rotatable bonds is 5. The summed E-state index contributed by atoms with van der Waals surface area (Å²) in [5.41, 5.74) is 7.63. The molecule has 1 aromatic heterocycles. The number of amides is 1. The Kier molecular flexibility index (Phi) is 5.28. The van der Waals surface area contributed by atoms with Crippen LogP contribution < -0.4 is 5.73 Å². The number of primary amides is 1. The molecule has 3 aromatic rings. The van der Waals surface area contributed by atoms with Crippen molar-refractivity contribution >= 4 is 17.5 Å². The summed E-state index contributed by atoms with van der Waals surface area (Å²) in [7, 11) is 0. The largest absolute Gasteiger partial charge is 0.369 e. The van der Waals surface area contributed by atoms with E-state index in [4.69, 9.17) is 17.3 Å². The number of nitrogens with two attached hydrogens (primary N) is 1. The van der Waals surface area contributed by atoms with E-state index in [-0.39, 0.29) is 10.6 Å². The Balaban J connectivity index is 1.95. The molecule has 0 radical (unpaired) electrons. The first kappa shape index (κ1) is 18.0. The second-order valence-electron chi connectivity index (χ2n) is 5.90. The molecule has 1 unspecified atom stereocenters. The van der Waals surface area contributed by atoms with Gasteiger partial charge in [-0.1, -0.05) is 41.9 Å². The van der Waals surface area contributed by atoms with Gasteiger partial charge in [0.2, 0.25) is 5.91 Å². The van der Waals surface area contributed by atoms with Crippen LogP contribution in [0, 0.1) is 11.6 Å². The van der Waals surface area contributed by atoms with Gasteiger partial charge in [0.25, 0.3) is 0 Å². The predicted molar refractivity (Wildman–Crippen MR) is 96.7 cm³/mol. The molecule has 0 aliphatic carbocycles. The van der Waals surface area contributed by atoms with Gasteiger partial charge in [-0.05, 0) is 29.7 Å². The van der Waals surface area contributed by atoms with Crippen molar-refractivity contribution in [3.63, 3.8) is 0 Å². The van der Waals surface area contributed by atoms with Crippen LogP contribution in [0.3, 0.4) is 0 Å². The Hall–Kier alpha value is -2.79. The van der Waals surface area contributed by atoms with Crippen LogP contribution in [0.15, 0.2) is 60.9 Å². The van der Waals surface area contributed by atoms with Gasteiger partial charge in [-0.25, -0.2) is 8.78 Å². The van der Waals surface area contributed by atoms with Crippen molar-refractivity contribution in [3.8, 4) is 11.1 Å². The van der Waals surface area contributed by atoms with E-state index in [1.54, 1.807) is 12.3 Å². The molecule has 2 N–H and O–H groups in total. The average molecular weight is 373 g/mol. The maximum Gasteiger partial charge on any atom is 0.225 e. The first-order valence-corrected chi connectivity index (χ1v) is 8.26. The summed E-state index contributed by atoms with van der Waals surface area (Å²) in [6.07, 6.45) is 3.36. The molecule has 0 saturated heterocycles. The molecule has 0 fully saturated rings. The van der Waals surface area contributed by atoms with Crippen molar-refractivity contribution in [3.05, 3.63) is 88.7 Å². The summed E-state index contributed by atoms with van der Waals surface area (Å²) in [6, 6.07) is 12.8. The van der Waals surface area contributed by atoms with Crippen LogP contribution in [0.5, 0.6) is 0 Å². The van der Waals surface area contributed by atoms with Crippen molar-refractivity contribution in [2.75, 3.05) is 0 Å². The molecule has 0 aliphatic rings. The van der Waals surface area contributed by atoms with E-state index in [1.165, 1.54) is 12.3 Å². The van der Waals surface area contributed by atoms with Crippen LogP contribution in [0.2, 0.25) is 5.02 Å². The maximum absolute atomic E-state index is 14.1. The number of nitrogens with zero attached hydrogens (tertiary/aromatic N) is 1. The average Bonchev–Trinajstić information content (AvgIpc) is 2.63. The molecule has 6 heteroatoms. The monoisotopic (exact) mass is 372 g/mol. The van der Waals surface area contributed by atoms with Gasteiger partial charge in [-0.15, -0.1) is 0 Å². The first-order valence-electron chi connectivity index (χ1n) is 7.89. The zero-order valence-electron chi connectivity index (χ0n) is 13.6. The number of hydrogen-bond acceptors (Lipinski definition) is 2. The van der Waals surface area contributed by atoms with E-state index in [9.17, 15) is 13.6 Å². The minimum Gasteiger partial charge on any atom is -0.369 e. The van der Waals surface area contributed by atoms with Crippen molar-refractivity contribution in [2.45, 2.75) is 12.3 Å². The summed E-state index contributed by atoms with van der Waals surface area (Å²) >= 11 is 5.76. The minimum absolute atomic E-state index is 0.140. The van der Waals surface area contributed by atoms with Gasteiger partial charge in [0.1, 0.15) is 11.6 Å². The van der Waals surface area contributed by atoms with Gasteiger partial charge in [-0.2, -0.15) is 0 Å². The summed E-state index contributed by atoms with van der Waals surface area (Å²) in [5.74, 6) is -2.55. The Morgan fingerprint density at radius 3 is 2.50 bits per heavy atom. The lowest BCUT2D eigenvalue weighted by Crippen LogP contribution is -2.23. The highest BCUT2D eigenvalue weighted by atomic mass is 35.5. The molecule has 2 aromatic carbocycles. The molecule has 1 atom stereocenters. The molecule has 0 bridgehead atoms. The zero-order chi connectivity index (χ0) is 18.7. The van der Waals surface area contributed by atoms with E-state index >= 15 is 0 Å². The van der Waals surface area contributed by atoms with Crippen LogP contribution in [-0.2, 0) is 11.2 Å². The van der Waals surface area contributed by atoms with Crippen LogP contribution in [0.1, 0.15) is 17.0 Å². The second kappa shape index (κ2) is 7.62. The van der Waals surface area contributed by atoms with E-state index in [2.05, 4.69) is 4.98 Å². The molecular formula is C20H15ClF2N2O. The van der Waals surface area contributed by atoms with E-state index in [0.717, 1.165) is 11.6 Å². The molecule has 1 amide bonds. The number of halogens is 3. The first-order chi connectivity index (χ1) is 12.5. The fourth-order valence-corrected chi connectivity index (χ4v) is 2.96. The fourth-order valence-electron chi connectivity index (χ4n) is 2.79. The number of benzene rings is 2. The SMILES string of the molecule is NC(=O)C(Cc1cncc(-c2cc(Cl)c(F)cc2F)c1)c1ccccc1. The lowest BCUT2D eigenvalue weighted by atomic mass is 9.91. The summed E-state index contributed by atoms with van der Waals surface area (Å²) < 4.78 is 27.5. The Labute approximate surface area is 154 Å². The number of carbonyl (C=O) groups is 1. The Morgan fingerprint density at radius 2 is 1.81 bits per heavy atom. The standard InChI is InChI=1S/C20H15ClF2N2O/c21-17-8-15(18(22)9-19(17)23)14-6-12(10-25-11-14)7-16(20(24)26)13-4-2-1-3-5-13/h1-6,8-11,16H,7H2,(H2,24,26). The molecule has 132 valence electrons.